The maximum atomic E-state index is 8.51. The van der Waals surface area contributed by atoms with Crippen LogP contribution in [0.25, 0.3) is 0 Å². The number of benzene rings is 1. The number of nitriles is 1. The zero-order chi connectivity index (χ0) is 23.1. The Morgan fingerprint density at radius 3 is 1.91 bits per heavy atom. The highest BCUT2D eigenvalue weighted by molar-refractivity contribution is 5.22. The van der Waals surface area contributed by atoms with Crippen LogP contribution in [-0.4, -0.2) is 0 Å². The van der Waals surface area contributed by atoms with Crippen molar-refractivity contribution in [3.63, 3.8) is 0 Å². The van der Waals surface area contributed by atoms with Gasteiger partial charge in [0.2, 0.25) is 0 Å². The van der Waals surface area contributed by atoms with E-state index >= 15 is 0 Å². The second-order valence-corrected chi connectivity index (χ2v) is 10.9. The summed E-state index contributed by atoms with van der Waals surface area (Å²) in [6.45, 7) is 2.26. The normalized spacial score (nSPS) is 26.1. The lowest BCUT2D eigenvalue weighted by Crippen LogP contribution is -2.25. The highest BCUT2D eigenvalue weighted by atomic mass is 14.4. The van der Waals surface area contributed by atoms with E-state index in [2.05, 4.69) is 37.3 Å². The summed E-state index contributed by atoms with van der Waals surface area (Å²) in [6, 6.07) is 11.4. The molecule has 0 unspecified atom stereocenters. The van der Waals surface area contributed by atoms with Crippen molar-refractivity contribution in [2.45, 2.75) is 110 Å². The zero-order valence-electron chi connectivity index (χ0n) is 21.2. The standard InChI is InChI=1S/C32H47N/c1-2-10-27-14-16-28(17-15-27)12-7-8-13-30-20-24-32(25-21-30)31-22-18-29(19-23-31)11-6-4-3-5-9-26-33/h3-5,9,14-17,29-32H,2,6-8,10-13,18-25H2,1H3. The molecule has 1 nitrogen and oxygen atoms in total. The minimum atomic E-state index is 0.935. The Balaban J connectivity index is 1.23. The molecule has 2 aliphatic rings. The molecule has 0 aromatic heterocycles. The average molecular weight is 446 g/mol. The first kappa shape index (κ1) is 25.8. The Bertz CT molecular complexity index is 734. The van der Waals surface area contributed by atoms with Crippen LogP contribution in [0.1, 0.15) is 108 Å². The smallest absolute Gasteiger partial charge is 0.0912 e. The highest BCUT2D eigenvalue weighted by Gasteiger charge is 2.30. The van der Waals surface area contributed by atoms with Gasteiger partial charge in [0.15, 0.2) is 0 Å². The van der Waals surface area contributed by atoms with Crippen LogP contribution >= 0.6 is 0 Å². The first-order chi connectivity index (χ1) is 16.3. The van der Waals surface area contributed by atoms with Gasteiger partial charge in [0, 0.05) is 6.08 Å². The molecule has 0 saturated heterocycles. The largest absolute Gasteiger partial charge is 0.193 e. The van der Waals surface area contributed by atoms with Gasteiger partial charge >= 0.3 is 0 Å². The fourth-order valence-corrected chi connectivity index (χ4v) is 6.43. The van der Waals surface area contributed by atoms with Crippen molar-refractivity contribution in [1.29, 1.82) is 5.26 Å². The van der Waals surface area contributed by atoms with Gasteiger partial charge in [0.05, 0.1) is 6.07 Å². The van der Waals surface area contributed by atoms with Crippen molar-refractivity contribution >= 4 is 0 Å². The van der Waals surface area contributed by atoms with Crippen molar-refractivity contribution in [3.8, 4) is 6.07 Å². The monoisotopic (exact) mass is 445 g/mol. The van der Waals surface area contributed by atoms with Crippen LogP contribution in [0.5, 0.6) is 0 Å². The Hall–Kier alpha value is -1.81. The average Bonchev–Trinajstić information content (AvgIpc) is 2.86. The second-order valence-electron chi connectivity index (χ2n) is 10.9. The molecule has 2 aliphatic carbocycles. The van der Waals surface area contributed by atoms with E-state index in [0.29, 0.717) is 0 Å². The summed E-state index contributed by atoms with van der Waals surface area (Å²) < 4.78 is 0. The van der Waals surface area contributed by atoms with Crippen LogP contribution in [0, 0.1) is 35.0 Å². The third kappa shape index (κ3) is 9.52. The van der Waals surface area contributed by atoms with Gasteiger partial charge in [-0.25, -0.2) is 0 Å². The van der Waals surface area contributed by atoms with Crippen molar-refractivity contribution in [2.75, 3.05) is 0 Å². The minimum absolute atomic E-state index is 0.935. The molecule has 2 fully saturated rings. The molecule has 180 valence electrons. The van der Waals surface area contributed by atoms with Crippen molar-refractivity contribution in [3.05, 3.63) is 59.7 Å². The van der Waals surface area contributed by atoms with Gasteiger partial charge in [0.25, 0.3) is 0 Å². The molecule has 0 spiro atoms. The van der Waals surface area contributed by atoms with Gasteiger partial charge in [-0.05, 0) is 92.6 Å². The Kier molecular flexibility index (Phi) is 11.9. The molecule has 0 N–H and O–H groups in total. The number of allylic oxidation sites excluding steroid dienone is 4. The summed E-state index contributed by atoms with van der Waals surface area (Å²) in [4.78, 5) is 0. The summed E-state index contributed by atoms with van der Waals surface area (Å²) in [6.07, 6.45) is 30.0. The van der Waals surface area contributed by atoms with Crippen LogP contribution in [0.15, 0.2) is 48.6 Å². The maximum absolute atomic E-state index is 8.51. The fourth-order valence-electron chi connectivity index (χ4n) is 6.43. The van der Waals surface area contributed by atoms with Crippen LogP contribution in [0.3, 0.4) is 0 Å². The lowest BCUT2D eigenvalue weighted by atomic mass is 9.68. The molecule has 0 heterocycles. The van der Waals surface area contributed by atoms with Crippen molar-refractivity contribution in [2.24, 2.45) is 23.7 Å². The first-order valence-electron chi connectivity index (χ1n) is 14.1. The lowest BCUT2D eigenvalue weighted by molar-refractivity contribution is 0.140. The molecule has 1 aromatic rings. The number of unbranched alkanes of at least 4 members (excludes halogenated alkanes) is 1. The number of rotatable bonds is 12. The third-order valence-electron chi connectivity index (χ3n) is 8.50. The quantitative estimate of drug-likeness (QED) is 0.178. The molecular weight excluding hydrogens is 398 g/mol. The summed E-state index contributed by atoms with van der Waals surface area (Å²) >= 11 is 0. The van der Waals surface area contributed by atoms with Gasteiger partial charge in [-0.3, -0.25) is 0 Å². The number of aryl methyl sites for hydroxylation is 2. The summed E-state index contributed by atoms with van der Waals surface area (Å²) in [5.74, 6) is 3.99. The predicted octanol–water partition coefficient (Wildman–Crippen LogP) is 9.38. The molecule has 0 amide bonds. The summed E-state index contributed by atoms with van der Waals surface area (Å²) in [5.41, 5.74) is 3.02. The van der Waals surface area contributed by atoms with Crippen molar-refractivity contribution in [1.82, 2.24) is 0 Å². The molecule has 0 atom stereocenters. The van der Waals surface area contributed by atoms with E-state index in [1.54, 1.807) is 6.08 Å². The highest BCUT2D eigenvalue weighted by Crippen LogP contribution is 2.43. The number of hydrogen-bond donors (Lipinski definition) is 0. The fraction of sp³-hybridized carbons (Fsp3) is 0.656. The molecule has 0 bridgehead atoms. The Labute approximate surface area is 204 Å². The second kappa shape index (κ2) is 15.2. The molecule has 3 rings (SSSR count). The topological polar surface area (TPSA) is 23.8 Å². The van der Waals surface area contributed by atoms with E-state index in [4.69, 9.17) is 5.26 Å². The van der Waals surface area contributed by atoms with Gasteiger partial charge in [0.1, 0.15) is 0 Å². The molecule has 1 heteroatoms. The van der Waals surface area contributed by atoms with Crippen LogP contribution in [0.4, 0.5) is 0 Å². The van der Waals surface area contributed by atoms with Gasteiger partial charge in [-0.1, -0.05) is 94.4 Å². The Morgan fingerprint density at radius 1 is 0.758 bits per heavy atom. The molecule has 33 heavy (non-hydrogen) atoms. The van der Waals surface area contributed by atoms with E-state index in [0.717, 1.165) is 23.7 Å². The summed E-state index contributed by atoms with van der Waals surface area (Å²) in [5, 5.41) is 8.51. The van der Waals surface area contributed by atoms with E-state index in [1.165, 1.54) is 114 Å². The molecular formula is C32H47N. The SMILES string of the molecule is CCCc1ccc(CCCCC2CCC(C3CCC(CCC=CC=CC#N)CC3)CC2)cc1. The molecule has 0 aliphatic heterocycles. The molecule has 1 aromatic carbocycles. The minimum Gasteiger partial charge on any atom is -0.193 e. The van der Waals surface area contributed by atoms with Crippen molar-refractivity contribution < 1.29 is 0 Å². The van der Waals surface area contributed by atoms with Gasteiger partial charge in [-0.2, -0.15) is 5.26 Å². The van der Waals surface area contributed by atoms with E-state index in [1.807, 2.05) is 18.2 Å². The number of hydrogen-bond acceptors (Lipinski definition) is 1. The summed E-state index contributed by atoms with van der Waals surface area (Å²) in [7, 11) is 0. The molecule has 0 radical (unpaired) electrons. The third-order valence-corrected chi connectivity index (χ3v) is 8.50. The molecule has 2 saturated carbocycles. The van der Waals surface area contributed by atoms with E-state index in [9.17, 15) is 0 Å². The van der Waals surface area contributed by atoms with Crippen LogP contribution in [-0.2, 0) is 12.8 Å². The van der Waals surface area contributed by atoms with Crippen LogP contribution in [0.2, 0.25) is 0 Å². The number of nitrogens with zero attached hydrogens (tertiary/aromatic N) is 1. The first-order valence-corrected chi connectivity index (χ1v) is 14.1. The predicted molar refractivity (Wildman–Crippen MR) is 142 cm³/mol. The van der Waals surface area contributed by atoms with Gasteiger partial charge < -0.3 is 0 Å². The van der Waals surface area contributed by atoms with E-state index in [-0.39, 0.29) is 0 Å². The van der Waals surface area contributed by atoms with Crippen LogP contribution < -0.4 is 0 Å². The van der Waals surface area contributed by atoms with E-state index < -0.39 is 0 Å². The Morgan fingerprint density at radius 2 is 1.33 bits per heavy atom. The zero-order valence-corrected chi connectivity index (χ0v) is 21.2. The maximum Gasteiger partial charge on any atom is 0.0912 e. The van der Waals surface area contributed by atoms with Gasteiger partial charge in [-0.15, -0.1) is 0 Å². The lowest BCUT2D eigenvalue weighted by Gasteiger charge is -2.38.